The summed E-state index contributed by atoms with van der Waals surface area (Å²) in [5.74, 6) is -3.51. The van der Waals surface area contributed by atoms with Crippen LogP contribution in [0.3, 0.4) is 0 Å². The van der Waals surface area contributed by atoms with Crippen molar-refractivity contribution >= 4 is 0 Å². The maximum Gasteiger partial charge on any atom is 0.253 e. The zero-order valence-corrected chi connectivity index (χ0v) is 7.48. The van der Waals surface area contributed by atoms with Crippen LogP contribution in [0.25, 0.3) is 0 Å². The van der Waals surface area contributed by atoms with Crippen molar-refractivity contribution in [2.45, 2.75) is 18.9 Å². The molecule has 1 nitrogen and oxygen atoms in total. The zero-order chi connectivity index (χ0) is 11.6. The summed E-state index contributed by atoms with van der Waals surface area (Å²) < 4.78 is 62.4. The Balaban J connectivity index is 2.95. The van der Waals surface area contributed by atoms with Crippen LogP contribution in [0.5, 0.6) is 0 Å². The van der Waals surface area contributed by atoms with Gasteiger partial charge >= 0.3 is 0 Å². The SMILES string of the molecule is NC(Cc1c(F)cc(F)cc1F)C(F)F. The first kappa shape index (κ1) is 11.9. The number of alkyl halides is 2. The summed E-state index contributed by atoms with van der Waals surface area (Å²) in [7, 11) is 0. The lowest BCUT2D eigenvalue weighted by molar-refractivity contribution is 0.115. The van der Waals surface area contributed by atoms with Gasteiger partial charge in [0.2, 0.25) is 0 Å². The smallest absolute Gasteiger partial charge is 0.253 e. The molecule has 0 aliphatic carbocycles. The van der Waals surface area contributed by atoms with E-state index < -0.39 is 41.9 Å². The molecule has 84 valence electrons. The quantitative estimate of drug-likeness (QED) is 0.784. The predicted octanol–water partition coefficient (Wildman–Crippen LogP) is 2.24. The molecule has 0 heterocycles. The number of hydrogen-bond acceptors (Lipinski definition) is 1. The molecule has 0 aliphatic rings. The van der Waals surface area contributed by atoms with Crippen molar-refractivity contribution in [1.29, 1.82) is 0 Å². The van der Waals surface area contributed by atoms with Gasteiger partial charge < -0.3 is 5.73 Å². The first-order chi connectivity index (χ1) is 6.91. The van der Waals surface area contributed by atoms with E-state index in [-0.39, 0.29) is 0 Å². The van der Waals surface area contributed by atoms with Crippen molar-refractivity contribution in [2.75, 3.05) is 0 Å². The van der Waals surface area contributed by atoms with Gasteiger partial charge in [-0.1, -0.05) is 0 Å². The summed E-state index contributed by atoms with van der Waals surface area (Å²) in [6.45, 7) is 0. The summed E-state index contributed by atoms with van der Waals surface area (Å²) in [4.78, 5) is 0. The van der Waals surface area contributed by atoms with E-state index in [2.05, 4.69) is 0 Å². The number of hydrogen-bond donors (Lipinski definition) is 1. The summed E-state index contributed by atoms with van der Waals surface area (Å²) in [6.07, 6.45) is -3.55. The van der Waals surface area contributed by atoms with Crippen LogP contribution >= 0.6 is 0 Å². The van der Waals surface area contributed by atoms with Gasteiger partial charge in [-0.25, -0.2) is 22.0 Å². The lowest BCUT2D eigenvalue weighted by Gasteiger charge is -2.11. The lowest BCUT2D eigenvalue weighted by Crippen LogP contribution is -2.31. The minimum Gasteiger partial charge on any atom is -0.323 e. The highest BCUT2D eigenvalue weighted by Crippen LogP contribution is 2.17. The number of nitrogens with two attached hydrogens (primary N) is 1. The summed E-state index contributed by atoms with van der Waals surface area (Å²) in [5.41, 5.74) is 4.33. The van der Waals surface area contributed by atoms with Crippen LogP contribution in [0.15, 0.2) is 12.1 Å². The molecular weight excluding hydrogens is 217 g/mol. The van der Waals surface area contributed by atoms with E-state index in [1.165, 1.54) is 0 Å². The first-order valence-corrected chi connectivity index (χ1v) is 4.09. The van der Waals surface area contributed by atoms with Gasteiger partial charge in [0.25, 0.3) is 6.43 Å². The lowest BCUT2D eigenvalue weighted by atomic mass is 10.1. The second-order valence-electron chi connectivity index (χ2n) is 3.05. The van der Waals surface area contributed by atoms with Gasteiger partial charge in [-0.2, -0.15) is 0 Å². The van der Waals surface area contributed by atoms with E-state index in [1.807, 2.05) is 0 Å². The van der Waals surface area contributed by atoms with Crippen LogP contribution in [0.1, 0.15) is 5.56 Å². The highest BCUT2D eigenvalue weighted by Gasteiger charge is 2.20. The van der Waals surface area contributed by atoms with Gasteiger partial charge in [0.05, 0.1) is 6.04 Å². The molecule has 1 unspecified atom stereocenters. The van der Waals surface area contributed by atoms with Crippen molar-refractivity contribution in [1.82, 2.24) is 0 Å². The summed E-state index contributed by atoms with van der Waals surface area (Å²) >= 11 is 0. The van der Waals surface area contributed by atoms with E-state index in [4.69, 9.17) is 5.73 Å². The molecule has 6 heteroatoms. The second-order valence-corrected chi connectivity index (χ2v) is 3.05. The second kappa shape index (κ2) is 4.57. The van der Waals surface area contributed by atoms with Crippen molar-refractivity contribution in [2.24, 2.45) is 5.73 Å². The molecule has 1 rings (SSSR count). The van der Waals surface area contributed by atoms with Crippen LogP contribution in [0, 0.1) is 17.5 Å². The van der Waals surface area contributed by atoms with Crippen LogP contribution in [0.4, 0.5) is 22.0 Å². The third kappa shape index (κ3) is 2.89. The summed E-state index contributed by atoms with van der Waals surface area (Å²) in [6, 6.07) is -0.813. The van der Waals surface area contributed by atoms with Gasteiger partial charge in [-0.05, 0) is 6.42 Å². The highest BCUT2D eigenvalue weighted by molar-refractivity contribution is 5.21. The Hall–Kier alpha value is -1.17. The van der Waals surface area contributed by atoms with Crippen LogP contribution in [-0.4, -0.2) is 12.5 Å². The topological polar surface area (TPSA) is 26.0 Å². The molecule has 0 bridgehead atoms. The Kier molecular flexibility index (Phi) is 3.62. The maximum atomic E-state index is 13.0. The van der Waals surface area contributed by atoms with E-state index in [9.17, 15) is 22.0 Å². The zero-order valence-electron chi connectivity index (χ0n) is 7.48. The number of halogens is 5. The standard InChI is InChI=1S/C9H8F5N/c10-4-1-6(11)5(7(12)2-4)3-8(15)9(13)14/h1-2,8-9H,3,15H2. The molecule has 2 N–H and O–H groups in total. The Labute approximate surface area is 82.7 Å². The fourth-order valence-corrected chi connectivity index (χ4v) is 1.09. The highest BCUT2D eigenvalue weighted by atomic mass is 19.3. The summed E-state index contributed by atoms with van der Waals surface area (Å²) in [5, 5.41) is 0. The molecule has 0 fully saturated rings. The molecule has 15 heavy (non-hydrogen) atoms. The minimum atomic E-state index is -2.88. The van der Waals surface area contributed by atoms with E-state index in [0.29, 0.717) is 12.1 Å². The van der Waals surface area contributed by atoms with E-state index in [0.717, 1.165) is 0 Å². The molecule has 0 amide bonds. The molecule has 1 aromatic carbocycles. The monoisotopic (exact) mass is 225 g/mol. The Morgan fingerprint density at radius 3 is 1.93 bits per heavy atom. The average Bonchev–Trinajstić information content (AvgIpc) is 2.10. The molecular formula is C9H8F5N. The number of benzene rings is 1. The Morgan fingerprint density at radius 1 is 1.07 bits per heavy atom. The fraction of sp³-hybridized carbons (Fsp3) is 0.333. The van der Waals surface area contributed by atoms with Gasteiger partial charge in [0, 0.05) is 17.7 Å². The molecule has 1 atom stereocenters. The number of rotatable bonds is 3. The molecule has 0 aliphatic heterocycles. The Bertz CT molecular complexity index is 329. The van der Waals surface area contributed by atoms with Crippen LogP contribution < -0.4 is 5.73 Å². The Morgan fingerprint density at radius 2 is 1.53 bits per heavy atom. The van der Waals surface area contributed by atoms with Gasteiger partial charge in [-0.3, -0.25) is 0 Å². The molecule has 1 aromatic rings. The first-order valence-electron chi connectivity index (χ1n) is 4.09. The predicted molar refractivity (Wildman–Crippen MR) is 44.0 cm³/mol. The van der Waals surface area contributed by atoms with Gasteiger partial charge in [0.1, 0.15) is 17.5 Å². The maximum absolute atomic E-state index is 13.0. The average molecular weight is 225 g/mol. The largest absolute Gasteiger partial charge is 0.323 e. The molecule has 0 aromatic heterocycles. The third-order valence-corrected chi connectivity index (χ3v) is 1.87. The fourth-order valence-electron chi connectivity index (χ4n) is 1.09. The van der Waals surface area contributed by atoms with Crippen molar-refractivity contribution < 1.29 is 22.0 Å². The molecule has 0 saturated carbocycles. The van der Waals surface area contributed by atoms with Gasteiger partial charge in [0.15, 0.2) is 0 Å². The molecule has 0 saturated heterocycles. The molecule has 0 radical (unpaired) electrons. The normalized spacial score (nSPS) is 13.3. The van der Waals surface area contributed by atoms with E-state index in [1.54, 1.807) is 0 Å². The van der Waals surface area contributed by atoms with Crippen molar-refractivity contribution in [3.8, 4) is 0 Å². The van der Waals surface area contributed by atoms with E-state index >= 15 is 0 Å². The molecule has 0 spiro atoms. The third-order valence-electron chi connectivity index (χ3n) is 1.87. The van der Waals surface area contributed by atoms with Crippen LogP contribution in [-0.2, 0) is 6.42 Å². The van der Waals surface area contributed by atoms with Crippen molar-refractivity contribution in [3.63, 3.8) is 0 Å². The van der Waals surface area contributed by atoms with Crippen LogP contribution in [0.2, 0.25) is 0 Å². The van der Waals surface area contributed by atoms with Gasteiger partial charge in [-0.15, -0.1) is 0 Å². The minimum absolute atomic E-state index is 0.427. The van der Waals surface area contributed by atoms with Crippen molar-refractivity contribution in [3.05, 3.63) is 35.1 Å².